The summed E-state index contributed by atoms with van der Waals surface area (Å²) in [6.45, 7) is 0.360. The van der Waals surface area contributed by atoms with Crippen molar-refractivity contribution in [2.75, 3.05) is 34.8 Å². The topological polar surface area (TPSA) is 138 Å². The minimum atomic E-state index is -3.89. The van der Waals surface area contributed by atoms with Gasteiger partial charge in [0, 0.05) is 25.3 Å². The molecule has 1 atom stereocenters. The highest BCUT2D eigenvalue weighted by Gasteiger charge is 2.29. The molecule has 1 unspecified atom stereocenters. The molecule has 226 valence electrons. The van der Waals surface area contributed by atoms with Crippen molar-refractivity contribution >= 4 is 49.9 Å². The summed E-state index contributed by atoms with van der Waals surface area (Å²) in [5.41, 5.74) is -0.144. The maximum absolute atomic E-state index is 14.3. The van der Waals surface area contributed by atoms with E-state index < -0.39 is 40.5 Å². The molecule has 0 radical (unpaired) electrons. The van der Waals surface area contributed by atoms with E-state index in [0.717, 1.165) is 35.5 Å². The minimum Gasteiger partial charge on any atom is -0.358 e. The quantitative estimate of drug-likeness (QED) is 0.211. The van der Waals surface area contributed by atoms with E-state index in [2.05, 4.69) is 25.6 Å². The lowest BCUT2D eigenvalue weighted by Gasteiger charge is -2.25. The molecule has 4 heterocycles. The number of halogens is 4. The Morgan fingerprint density at radius 3 is 2.47 bits per heavy atom. The summed E-state index contributed by atoms with van der Waals surface area (Å²) in [5.74, 6) is -0.219. The molecule has 4 aromatic rings. The van der Waals surface area contributed by atoms with Gasteiger partial charge in [0.25, 0.3) is 12.9 Å². The number of ether oxygens (including phenoxy) is 1. The molecule has 0 spiro atoms. The third-order valence-electron chi connectivity index (χ3n) is 6.81. The number of imidazole rings is 1. The minimum absolute atomic E-state index is 0.0136. The van der Waals surface area contributed by atoms with Crippen LogP contribution in [0.25, 0.3) is 11.2 Å². The Kier molecular flexibility index (Phi) is 8.38. The molecular formula is C27H26F4N8O3S. The maximum Gasteiger partial charge on any atom is 0.295 e. The third kappa shape index (κ3) is 6.32. The molecule has 11 nitrogen and oxygen atoms in total. The highest BCUT2D eigenvalue weighted by molar-refractivity contribution is 7.92. The summed E-state index contributed by atoms with van der Waals surface area (Å²) in [6, 6.07) is 11.5. The van der Waals surface area contributed by atoms with Gasteiger partial charge in [0.2, 0.25) is 10.0 Å². The van der Waals surface area contributed by atoms with Gasteiger partial charge in [-0.25, -0.2) is 40.9 Å². The number of benzene rings is 1. The normalized spacial score (nSPS) is 15.6. The summed E-state index contributed by atoms with van der Waals surface area (Å²) in [5, 5.41) is 15.2. The van der Waals surface area contributed by atoms with Gasteiger partial charge in [-0.2, -0.15) is 5.26 Å². The molecular weight excluding hydrogens is 592 g/mol. The predicted octanol–water partition coefficient (Wildman–Crippen LogP) is 6.16. The number of nitrogens with zero attached hydrogens (tertiary/aromatic N) is 6. The van der Waals surface area contributed by atoms with Crippen LogP contribution in [0.4, 0.5) is 46.3 Å². The largest absolute Gasteiger partial charge is 0.358 e. The van der Waals surface area contributed by atoms with E-state index in [1.54, 1.807) is 12.1 Å². The Morgan fingerprint density at radius 1 is 1.02 bits per heavy atom. The Bertz CT molecular complexity index is 1800. The average molecular weight is 619 g/mol. The van der Waals surface area contributed by atoms with E-state index in [1.165, 1.54) is 29.8 Å². The lowest BCUT2D eigenvalue weighted by Crippen LogP contribution is -2.25. The number of fused-ring (bicyclic) bond motifs is 1. The molecule has 1 aliphatic rings. The number of hydrogen-bond donors (Lipinski definition) is 2. The van der Waals surface area contributed by atoms with Crippen molar-refractivity contribution in [2.24, 2.45) is 0 Å². The van der Waals surface area contributed by atoms with Crippen LogP contribution in [0.15, 0.2) is 42.5 Å². The van der Waals surface area contributed by atoms with Gasteiger partial charge >= 0.3 is 0 Å². The number of hydrogen-bond acceptors (Lipinski definition) is 9. The van der Waals surface area contributed by atoms with Crippen molar-refractivity contribution in [1.29, 1.82) is 5.26 Å². The first-order valence-electron chi connectivity index (χ1n) is 13.1. The van der Waals surface area contributed by atoms with E-state index in [0.29, 0.717) is 13.0 Å². The first-order valence-corrected chi connectivity index (χ1v) is 14.9. The van der Waals surface area contributed by atoms with Crippen molar-refractivity contribution in [1.82, 2.24) is 19.5 Å². The second-order valence-corrected chi connectivity index (χ2v) is 11.8. The van der Waals surface area contributed by atoms with E-state index in [1.807, 2.05) is 6.07 Å². The van der Waals surface area contributed by atoms with Crippen molar-refractivity contribution in [3.8, 4) is 6.07 Å². The van der Waals surface area contributed by atoms with E-state index >= 15 is 0 Å². The van der Waals surface area contributed by atoms with Gasteiger partial charge in [0.1, 0.15) is 35.1 Å². The second kappa shape index (κ2) is 12.0. The van der Waals surface area contributed by atoms with Crippen LogP contribution in [0, 0.1) is 11.3 Å². The number of rotatable bonds is 9. The van der Waals surface area contributed by atoms with Crippen molar-refractivity contribution in [2.45, 2.75) is 38.3 Å². The Labute approximate surface area is 244 Å². The molecule has 1 saturated heterocycles. The van der Waals surface area contributed by atoms with Crippen molar-refractivity contribution in [3.63, 3.8) is 0 Å². The third-order valence-corrected chi connectivity index (χ3v) is 8.01. The van der Waals surface area contributed by atoms with Gasteiger partial charge in [-0.3, -0.25) is 8.87 Å². The highest BCUT2D eigenvalue weighted by atomic mass is 32.2. The fourth-order valence-corrected chi connectivity index (χ4v) is 5.19. The van der Waals surface area contributed by atoms with Gasteiger partial charge in [0.05, 0.1) is 23.3 Å². The molecule has 0 aliphatic carbocycles. The van der Waals surface area contributed by atoms with Crippen molar-refractivity contribution in [3.05, 3.63) is 59.5 Å². The van der Waals surface area contributed by atoms with Gasteiger partial charge in [0.15, 0.2) is 11.5 Å². The molecule has 3 aromatic heterocycles. The van der Waals surface area contributed by atoms with Gasteiger partial charge in [-0.05, 0) is 43.5 Å². The number of aromatic nitrogens is 4. The summed E-state index contributed by atoms with van der Waals surface area (Å²) in [6.07, 6.45) is -3.77. The zero-order valence-corrected chi connectivity index (χ0v) is 23.7. The highest BCUT2D eigenvalue weighted by Crippen LogP contribution is 2.39. The van der Waals surface area contributed by atoms with Crippen molar-refractivity contribution < 1.29 is 30.7 Å². The molecule has 16 heteroatoms. The number of pyridine rings is 2. The van der Waals surface area contributed by atoms with E-state index in [4.69, 9.17) is 4.74 Å². The fourth-order valence-electron chi connectivity index (χ4n) is 4.68. The second-order valence-electron chi connectivity index (χ2n) is 9.77. The van der Waals surface area contributed by atoms with Crippen LogP contribution in [0.1, 0.15) is 55.4 Å². The number of anilines is 5. The lowest BCUT2D eigenvalue weighted by atomic mass is 10.1. The van der Waals surface area contributed by atoms with Crippen LogP contribution in [0.3, 0.4) is 0 Å². The molecule has 0 saturated carbocycles. The number of nitriles is 1. The van der Waals surface area contributed by atoms with Crippen LogP contribution in [0.2, 0.25) is 0 Å². The molecule has 5 rings (SSSR count). The monoisotopic (exact) mass is 618 g/mol. The fraction of sp³-hybridized carbons (Fsp3) is 0.333. The summed E-state index contributed by atoms with van der Waals surface area (Å²) in [7, 11) is -2.68. The Morgan fingerprint density at radius 2 is 1.81 bits per heavy atom. The summed E-state index contributed by atoms with van der Waals surface area (Å²) >= 11 is 0. The van der Waals surface area contributed by atoms with Gasteiger partial charge in [-0.15, -0.1) is 0 Å². The smallest absolute Gasteiger partial charge is 0.295 e. The van der Waals surface area contributed by atoms with E-state index in [-0.39, 0.29) is 45.6 Å². The zero-order chi connectivity index (χ0) is 30.9. The molecule has 43 heavy (non-hydrogen) atoms. The van der Waals surface area contributed by atoms with Gasteiger partial charge in [-0.1, -0.05) is 12.1 Å². The maximum atomic E-state index is 14.3. The summed E-state index contributed by atoms with van der Waals surface area (Å²) < 4.78 is 88.5. The van der Waals surface area contributed by atoms with Crippen LogP contribution in [-0.4, -0.2) is 47.8 Å². The first kappa shape index (κ1) is 30.0. The molecule has 0 amide bonds. The van der Waals surface area contributed by atoms with Crippen LogP contribution in [0.5, 0.6) is 0 Å². The zero-order valence-electron chi connectivity index (χ0n) is 22.9. The molecule has 1 aromatic carbocycles. The number of alkyl halides is 4. The van der Waals surface area contributed by atoms with Gasteiger partial charge < -0.3 is 15.4 Å². The number of nitrogens with one attached hydrogen (secondary N) is 2. The average Bonchev–Trinajstić information content (AvgIpc) is 3.37. The first-order chi connectivity index (χ1) is 20.5. The molecule has 1 aliphatic heterocycles. The standard InChI is InChI=1S/C27H26F4N8O3S/c1-38(43(2,40)41)19-12-15(24(28)29)9-10-17(19)34-18-13-21(35-20-7-5-6-16(14-32)33-20)36-26-23(18)37-27(25(30)31)39(26)22-8-3-4-11-42-22/h5-7,9-10,12-13,22,24-25H,3-4,8,11H2,1-2H3,(H2,33,34,35,36). The Hall–Kier alpha value is -4.49. The van der Waals surface area contributed by atoms with Crippen LogP contribution >= 0.6 is 0 Å². The van der Waals surface area contributed by atoms with E-state index in [9.17, 15) is 31.2 Å². The van der Waals surface area contributed by atoms with Crippen LogP contribution in [-0.2, 0) is 14.8 Å². The summed E-state index contributed by atoms with van der Waals surface area (Å²) in [4.78, 5) is 12.9. The Balaban J connectivity index is 1.71. The SMILES string of the molecule is CN(c1cc(C(F)F)ccc1Nc1cc(Nc2cccc(C#N)n2)nc2c1nc(C(F)F)n2C1CCCCO1)S(C)(=O)=O. The number of sulfonamides is 1. The predicted molar refractivity (Wildman–Crippen MR) is 151 cm³/mol. The molecule has 2 N–H and O–H groups in total. The molecule has 0 bridgehead atoms. The molecule has 1 fully saturated rings. The van der Waals surface area contributed by atoms with Crippen LogP contribution < -0.4 is 14.9 Å². The lowest BCUT2D eigenvalue weighted by molar-refractivity contribution is -0.0363.